The minimum atomic E-state index is -4.49. The van der Waals surface area contributed by atoms with Gasteiger partial charge in [-0.15, -0.1) is 0 Å². The van der Waals surface area contributed by atoms with Gasteiger partial charge in [0.05, 0.1) is 13.2 Å². The van der Waals surface area contributed by atoms with Gasteiger partial charge in [-0.05, 0) is 49.7 Å². The van der Waals surface area contributed by atoms with Gasteiger partial charge in [-0.25, -0.2) is 0 Å². The van der Waals surface area contributed by atoms with E-state index in [4.69, 9.17) is 9.47 Å². The van der Waals surface area contributed by atoms with E-state index in [0.717, 1.165) is 11.3 Å². The number of ketones is 1. The normalized spacial score (nSPS) is 12.4. The third kappa shape index (κ3) is 7.25. The van der Waals surface area contributed by atoms with E-state index in [1.54, 1.807) is 13.0 Å². The molecule has 0 saturated carbocycles. The number of nitrogens with one attached hydrogen (secondary N) is 1. The van der Waals surface area contributed by atoms with Crippen molar-refractivity contribution < 1.29 is 32.2 Å². The van der Waals surface area contributed by atoms with Crippen LogP contribution in [0.1, 0.15) is 54.1 Å². The van der Waals surface area contributed by atoms with Crippen LogP contribution in [-0.4, -0.2) is 36.6 Å². The summed E-state index contributed by atoms with van der Waals surface area (Å²) in [7, 11) is 1.28. The number of hydrogen-bond acceptors (Lipinski definition) is 5. The Hall–Kier alpha value is -3.10. The lowest BCUT2D eigenvalue weighted by Crippen LogP contribution is -2.27. The summed E-state index contributed by atoms with van der Waals surface area (Å²) in [5.74, 6) is -0.559. The van der Waals surface area contributed by atoms with Crippen LogP contribution in [0.5, 0.6) is 11.5 Å². The van der Waals surface area contributed by atoms with Gasteiger partial charge in [0.25, 0.3) is 5.91 Å². The van der Waals surface area contributed by atoms with Crippen LogP contribution in [0.3, 0.4) is 0 Å². The zero-order valence-corrected chi connectivity index (χ0v) is 18.7. The Morgan fingerprint density at radius 3 is 2.38 bits per heavy atom. The number of ether oxygens (including phenoxy) is 2. The summed E-state index contributed by atoms with van der Waals surface area (Å²) in [4.78, 5) is 29.2. The lowest BCUT2D eigenvalue weighted by Gasteiger charge is -2.17. The molecular weight excluding hydrogens is 425 g/mol. The molecular formula is C23H27F3N2O4. The van der Waals surface area contributed by atoms with Crippen molar-refractivity contribution in [1.29, 1.82) is 0 Å². The zero-order valence-electron chi connectivity index (χ0n) is 18.7. The molecule has 0 fully saturated rings. The van der Waals surface area contributed by atoms with E-state index < -0.39 is 24.7 Å². The van der Waals surface area contributed by atoms with E-state index in [1.807, 2.05) is 26.8 Å². The number of hydrogen-bond donors (Lipinski definition) is 1. The molecule has 1 N–H and O–H groups in total. The van der Waals surface area contributed by atoms with Crippen LogP contribution in [0.15, 0.2) is 30.3 Å². The fourth-order valence-electron chi connectivity index (χ4n) is 2.94. The minimum absolute atomic E-state index is 0.0174. The van der Waals surface area contributed by atoms with E-state index in [1.165, 1.54) is 25.3 Å². The molecule has 32 heavy (non-hydrogen) atoms. The van der Waals surface area contributed by atoms with Gasteiger partial charge in [0, 0.05) is 29.3 Å². The van der Waals surface area contributed by atoms with Crippen LogP contribution in [0, 0.1) is 12.8 Å². The Labute approximate surface area is 185 Å². The molecule has 0 bridgehead atoms. The summed E-state index contributed by atoms with van der Waals surface area (Å²) in [6, 6.07) is 7.15. The smallest absolute Gasteiger partial charge is 0.422 e. The number of aryl methyl sites for hydroxylation is 1. The minimum Gasteiger partial charge on any atom is -0.493 e. The number of aromatic nitrogens is 1. The number of alkyl halides is 3. The third-order valence-corrected chi connectivity index (χ3v) is 4.69. The second-order valence-electron chi connectivity index (χ2n) is 7.80. The summed E-state index contributed by atoms with van der Waals surface area (Å²) in [5, 5.41) is 2.84. The molecule has 174 valence electrons. The molecule has 6 nitrogen and oxygen atoms in total. The molecule has 0 radical (unpaired) electrons. The molecule has 1 unspecified atom stereocenters. The van der Waals surface area contributed by atoms with Crippen molar-refractivity contribution in [3.05, 3.63) is 52.8 Å². The lowest BCUT2D eigenvalue weighted by atomic mass is 10.0. The van der Waals surface area contributed by atoms with E-state index in [0.29, 0.717) is 5.69 Å². The molecule has 9 heteroatoms. The van der Waals surface area contributed by atoms with Crippen LogP contribution in [0.2, 0.25) is 0 Å². The Morgan fingerprint density at radius 1 is 1.09 bits per heavy atom. The number of Topliss-reactive ketones (excluding diaryl/α,β-unsaturated/α-hetero) is 1. The number of halogens is 3. The summed E-state index contributed by atoms with van der Waals surface area (Å²) in [6.07, 6.45) is -4.28. The highest BCUT2D eigenvalue weighted by molar-refractivity contribution is 5.95. The van der Waals surface area contributed by atoms with Crippen molar-refractivity contribution in [3.63, 3.8) is 0 Å². The highest BCUT2D eigenvalue weighted by Gasteiger charge is 2.29. The van der Waals surface area contributed by atoms with E-state index in [-0.39, 0.29) is 35.2 Å². The summed E-state index contributed by atoms with van der Waals surface area (Å²) in [6.45, 7) is 5.80. The SMILES string of the molecule is COc1cc(C(=O)NC(C)c2cc(C)nc(CC(=O)C(C)C)c2)ccc1OCC(F)(F)F. The molecule has 0 aliphatic heterocycles. The summed E-state index contributed by atoms with van der Waals surface area (Å²) in [5.41, 5.74) is 2.35. The second kappa shape index (κ2) is 10.5. The molecule has 0 saturated heterocycles. The highest BCUT2D eigenvalue weighted by Crippen LogP contribution is 2.30. The molecule has 2 aromatic rings. The van der Waals surface area contributed by atoms with Crippen molar-refractivity contribution in [2.75, 3.05) is 13.7 Å². The predicted molar refractivity (Wildman–Crippen MR) is 113 cm³/mol. The van der Waals surface area contributed by atoms with Crippen molar-refractivity contribution in [2.24, 2.45) is 5.92 Å². The lowest BCUT2D eigenvalue weighted by molar-refractivity contribution is -0.153. The maximum absolute atomic E-state index is 12.7. The monoisotopic (exact) mass is 452 g/mol. The third-order valence-electron chi connectivity index (χ3n) is 4.69. The summed E-state index contributed by atoms with van der Waals surface area (Å²) < 4.78 is 47.0. The Balaban J connectivity index is 2.15. The van der Waals surface area contributed by atoms with Gasteiger partial charge in [0.2, 0.25) is 0 Å². The molecule has 1 aromatic heterocycles. The molecule has 0 aliphatic rings. The second-order valence-corrected chi connectivity index (χ2v) is 7.80. The molecule has 0 aliphatic carbocycles. The van der Waals surface area contributed by atoms with Crippen molar-refractivity contribution in [3.8, 4) is 11.5 Å². The number of methoxy groups -OCH3 is 1. The number of carbonyl (C=O) groups excluding carboxylic acids is 2. The first-order valence-electron chi connectivity index (χ1n) is 10.1. The van der Waals surface area contributed by atoms with E-state index in [9.17, 15) is 22.8 Å². The van der Waals surface area contributed by atoms with Gasteiger partial charge in [-0.1, -0.05) is 13.8 Å². The number of amides is 1. The van der Waals surface area contributed by atoms with Gasteiger partial charge in [0.15, 0.2) is 18.1 Å². The average Bonchev–Trinajstić information content (AvgIpc) is 2.70. The topological polar surface area (TPSA) is 77.5 Å². The molecule has 1 aromatic carbocycles. The van der Waals surface area contributed by atoms with Gasteiger partial charge < -0.3 is 14.8 Å². The first kappa shape index (κ1) is 25.2. The van der Waals surface area contributed by atoms with Crippen LogP contribution in [0.4, 0.5) is 13.2 Å². The van der Waals surface area contributed by atoms with Crippen LogP contribution >= 0.6 is 0 Å². The number of benzene rings is 1. The standard InChI is InChI=1S/C23H27F3N2O4/c1-13(2)19(29)11-18-9-17(8-14(3)27-18)15(4)28-22(30)16-6-7-20(21(10-16)31-5)32-12-23(24,25)26/h6-10,13,15H,11-12H2,1-5H3,(H,28,30). The van der Waals surface area contributed by atoms with E-state index >= 15 is 0 Å². The molecule has 1 atom stereocenters. The van der Waals surface area contributed by atoms with Gasteiger partial charge >= 0.3 is 6.18 Å². The van der Waals surface area contributed by atoms with Crippen LogP contribution in [-0.2, 0) is 11.2 Å². The van der Waals surface area contributed by atoms with Crippen molar-refractivity contribution in [1.82, 2.24) is 10.3 Å². The van der Waals surface area contributed by atoms with E-state index in [2.05, 4.69) is 10.3 Å². The zero-order chi connectivity index (χ0) is 24.1. The number of rotatable bonds is 9. The quantitative estimate of drug-likeness (QED) is 0.602. The largest absolute Gasteiger partial charge is 0.493 e. The van der Waals surface area contributed by atoms with Gasteiger partial charge in [0.1, 0.15) is 5.78 Å². The Bertz CT molecular complexity index is 974. The van der Waals surface area contributed by atoms with Gasteiger partial charge in [-0.3, -0.25) is 14.6 Å². The first-order valence-corrected chi connectivity index (χ1v) is 10.1. The fraction of sp³-hybridized carbons (Fsp3) is 0.435. The number of carbonyl (C=O) groups is 2. The van der Waals surface area contributed by atoms with Crippen molar-refractivity contribution >= 4 is 11.7 Å². The maximum atomic E-state index is 12.7. The molecule has 1 amide bonds. The molecule has 1 heterocycles. The molecule has 0 spiro atoms. The average molecular weight is 452 g/mol. The maximum Gasteiger partial charge on any atom is 0.422 e. The molecule has 2 rings (SSSR count). The van der Waals surface area contributed by atoms with Crippen molar-refractivity contribution in [2.45, 2.75) is 46.3 Å². The fourth-order valence-corrected chi connectivity index (χ4v) is 2.94. The Morgan fingerprint density at radius 2 is 1.78 bits per heavy atom. The summed E-state index contributed by atoms with van der Waals surface area (Å²) >= 11 is 0. The van der Waals surface area contributed by atoms with Gasteiger partial charge in [-0.2, -0.15) is 13.2 Å². The number of nitrogens with zero attached hydrogens (tertiary/aromatic N) is 1. The van der Waals surface area contributed by atoms with Crippen LogP contribution in [0.25, 0.3) is 0 Å². The predicted octanol–water partition coefficient (Wildman–Crippen LogP) is 4.60. The van der Waals surface area contributed by atoms with Crippen LogP contribution < -0.4 is 14.8 Å². The number of pyridine rings is 1. The first-order chi connectivity index (χ1) is 14.9. The Kier molecular flexibility index (Phi) is 8.24. The highest BCUT2D eigenvalue weighted by atomic mass is 19.4.